The first kappa shape index (κ1) is 12.6. The SMILES string of the molecule is C[N+]1=COCc2ccccc21.O=S(=O)([O-])F. The second kappa shape index (κ2) is 5.04. The smallest absolute Gasteiger partial charge is 0.329 e. The molecule has 2 rings (SSSR count). The van der Waals surface area contributed by atoms with Gasteiger partial charge in [-0.05, 0) is 6.07 Å². The molecule has 0 radical (unpaired) electrons. The largest absolute Gasteiger partial charge is 0.722 e. The quantitative estimate of drug-likeness (QED) is 0.388. The van der Waals surface area contributed by atoms with Crippen LogP contribution < -0.4 is 0 Å². The summed E-state index contributed by atoms with van der Waals surface area (Å²) in [5, 5.41) is 0. The zero-order valence-electron chi connectivity index (χ0n) is 8.46. The molecule has 0 saturated carbocycles. The Labute approximate surface area is 92.8 Å². The molecule has 7 heteroatoms. The van der Waals surface area contributed by atoms with Crippen molar-refractivity contribution in [2.75, 3.05) is 7.05 Å². The van der Waals surface area contributed by atoms with E-state index in [9.17, 15) is 3.89 Å². The number of halogens is 1. The van der Waals surface area contributed by atoms with Gasteiger partial charge in [-0.15, -0.1) is 3.89 Å². The maximum atomic E-state index is 10.1. The van der Waals surface area contributed by atoms with Crippen molar-refractivity contribution in [1.29, 1.82) is 0 Å². The molecule has 1 aromatic carbocycles. The summed E-state index contributed by atoms with van der Waals surface area (Å²) in [6, 6.07) is 8.24. The topological polar surface area (TPSA) is 69.4 Å². The van der Waals surface area contributed by atoms with E-state index in [1.54, 1.807) is 6.40 Å². The number of hydrogen-bond donors (Lipinski definition) is 0. The molecule has 0 amide bonds. The van der Waals surface area contributed by atoms with Crippen LogP contribution in [0, 0.1) is 0 Å². The molecule has 0 spiro atoms. The normalized spacial score (nSPS) is 13.8. The summed E-state index contributed by atoms with van der Waals surface area (Å²) in [6.07, 6.45) is 1.74. The summed E-state index contributed by atoms with van der Waals surface area (Å²) in [6.45, 7) is 0.695. The van der Waals surface area contributed by atoms with Crippen LogP contribution in [0.1, 0.15) is 5.56 Å². The predicted molar refractivity (Wildman–Crippen MR) is 53.9 cm³/mol. The molecule has 0 unspecified atom stereocenters. The number of rotatable bonds is 0. The summed E-state index contributed by atoms with van der Waals surface area (Å²) in [5.41, 5.74) is 2.48. The summed E-state index contributed by atoms with van der Waals surface area (Å²) in [4.78, 5) is 0. The molecular formula is C9H10FNO4S. The van der Waals surface area contributed by atoms with Crippen LogP contribution in [0.15, 0.2) is 24.3 Å². The van der Waals surface area contributed by atoms with E-state index in [0.717, 1.165) is 0 Å². The van der Waals surface area contributed by atoms with Gasteiger partial charge in [-0.2, -0.15) is 4.58 Å². The van der Waals surface area contributed by atoms with Crippen molar-refractivity contribution < 1.29 is 26.2 Å². The maximum Gasteiger partial charge on any atom is 0.329 e. The van der Waals surface area contributed by atoms with Crippen molar-refractivity contribution in [3.05, 3.63) is 29.8 Å². The Morgan fingerprint density at radius 3 is 2.56 bits per heavy atom. The fraction of sp³-hybridized carbons (Fsp3) is 0.222. The second-order valence-electron chi connectivity index (χ2n) is 3.05. The van der Waals surface area contributed by atoms with Crippen LogP contribution in [0.2, 0.25) is 0 Å². The van der Waals surface area contributed by atoms with Crippen molar-refractivity contribution >= 4 is 22.6 Å². The van der Waals surface area contributed by atoms with Gasteiger partial charge >= 0.3 is 6.40 Å². The Hall–Kier alpha value is -1.47. The van der Waals surface area contributed by atoms with Crippen molar-refractivity contribution in [2.24, 2.45) is 0 Å². The molecule has 16 heavy (non-hydrogen) atoms. The van der Waals surface area contributed by atoms with Crippen molar-refractivity contribution in [3.8, 4) is 0 Å². The number of para-hydroxylation sites is 1. The molecule has 1 heterocycles. The van der Waals surface area contributed by atoms with E-state index in [1.807, 2.05) is 23.8 Å². The standard InChI is InChI=1S/C9H10NO.FHO3S/c1-10-7-11-6-8-4-2-3-5-9(8)10;1-5(2,3)4/h2-5,7H,6H2,1H3;(H,2,3,4)/q+1;/p-1. The highest BCUT2D eigenvalue weighted by atomic mass is 32.3. The van der Waals surface area contributed by atoms with Crippen LogP contribution in [-0.2, 0) is 21.8 Å². The number of nitrogens with zero attached hydrogens (tertiary/aromatic N) is 1. The molecule has 88 valence electrons. The lowest BCUT2D eigenvalue weighted by atomic mass is 10.2. The average Bonchev–Trinajstić information content (AvgIpc) is 2.16. The molecule has 1 aliphatic rings. The predicted octanol–water partition coefficient (Wildman–Crippen LogP) is 0.935. The van der Waals surface area contributed by atoms with E-state index >= 15 is 0 Å². The second-order valence-corrected chi connectivity index (χ2v) is 3.84. The van der Waals surface area contributed by atoms with Gasteiger partial charge < -0.3 is 9.29 Å². The van der Waals surface area contributed by atoms with E-state index in [4.69, 9.17) is 17.7 Å². The van der Waals surface area contributed by atoms with Gasteiger partial charge in [-0.1, -0.05) is 12.1 Å². The molecule has 0 fully saturated rings. The number of ether oxygens (including phenoxy) is 1. The summed E-state index contributed by atoms with van der Waals surface area (Å²) in [7, 11) is -3.43. The van der Waals surface area contributed by atoms with Gasteiger partial charge in [0.15, 0.2) is 0 Å². The Morgan fingerprint density at radius 2 is 2.00 bits per heavy atom. The zero-order chi connectivity index (χ0) is 12.2. The Morgan fingerprint density at radius 1 is 1.44 bits per heavy atom. The first-order valence-electron chi connectivity index (χ1n) is 4.29. The Kier molecular flexibility index (Phi) is 3.97. The molecule has 0 aromatic heterocycles. The average molecular weight is 247 g/mol. The lowest BCUT2D eigenvalue weighted by molar-refractivity contribution is -0.415. The molecule has 1 aromatic rings. The van der Waals surface area contributed by atoms with Crippen molar-refractivity contribution in [3.63, 3.8) is 0 Å². The van der Waals surface area contributed by atoms with Crippen LogP contribution in [0.4, 0.5) is 9.57 Å². The number of hydrogen-bond acceptors (Lipinski definition) is 4. The highest BCUT2D eigenvalue weighted by Gasteiger charge is 2.14. The van der Waals surface area contributed by atoms with E-state index < -0.39 is 10.5 Å². The minimum absolute atomic E-state index is 0.695. The maximum absolute atomic E-state index is 10.1. The van der Waals surface area contributed by atoms with Crippen LogP contribution in [0.25, 0.3) is 0 Å². The number of fused-ring (bicyclic) bond motifs is 1. The monoisotopic (exact) mass is 247 g/mol. The van der Waals surface area contributed by atoms with E-state index in [2.05, 4.69) is 12.1 Å². The Balaban J connectivity index is 0.000000221. The van der Waals surface area contributed by atoms with E-state index in [0.29, 0.717) is 6.61 Å². The molecule has 0 bridgehead atoms. The molecule has 0 N–H and O–H groups in total. The highest BCUT2D eigenvalue weighted by molar-refractivity contribution is 7.80. The van der Waals surface area contributed by atoms with Crippen LogP contribution in [0.3, 0.4) is 0 Å². The fourth-order valence-corrected chi connectivity index (χ4v) is 1.27. The van der Waals surface area contributed by atoms with Gasteiger partial charge in [-0.3, -0.25) is 0 Å². The van der Waals surface area contributed by atoms with Crippen molar-refractivity contribution in [1.82, 2.24) is 0 Å². The van der Waals surface area contributed by atoms with Crippen molar-refractivity contribution in [2.45, 2.75) is 6.61 Å². The molecule has 0 saturated heterocycles. The fourth-order valence-electron chi connectivity index (χ4n) is 1.27. The van der Waals surface area contributed by atoms with Crippen LogP contribution in [-0.4, -0.2) is 31.0 Å². The lowest BCUT2D eigenvalue weighted by Gasteiger charge is -2.08. The third-order valence-electron chi connectivity index (χ3n) is 1.84. The third-order valence-corrected chi connectivity index (χ3v) is 1.84. The summed E-state index contributed by atoms with van der Waals surface area (Å²) < 4.78 is 42.5. The molecule has 0 atom stereocenters. The number of benzene rings is 1. The first-order chi connectivity index (χ1) is 7.38. The molecule has 1 aliphatic heterocycles. The molecule has 5 nitrogen and oxygen atoms in total. The van der Waals surface area contributed by atoms with Gasteiger partial charge in [-0.25, -0.2) is 8.42 Å². The minimum atomic E-state index is -5.42. The molecular weight excluding hydrogens is 237 g/mol. The van der Waals surface area contributed by atoms with Gasteiger partial charge in [0.2, 0.25) is 5.69 Å². The zero-order valence-corrected chi connectivity index (χ0v) is 9.28. The summed E-state index contributed by atoms with van der Waals surface area (Å²) >= 11 is 0. The van der Waals surface area contributed by atoms with Crippen LogP contribution in [0.5, 0.6) is 0 Å². The first-order valence-corrected chi connectivity index (χ1v) is 5.60. The van der Waals surface area contributed by atoms with Crippen LogP contribution >= 0.6 is 0 Å². The Bertz CT molecular complexity index is 490. The van der Waals surface area contributed by atoms with Gasteiger partial charge in [0.25, 0.3) is 10.5 Å². The van der Waals surface area contributed by atoms with E-state index in [-0.39, 0.29) is 0 Å². The third kappa shape index (κ3) is 4.37. The minimum Gasteiger partial charge on any atom is -0.722 e. The van der Waals surface area contributed by atoms with Gasteiger partial charge in [0.1, 0.15) is 13.7 Å². The van der Waals surface area contributed by atoms with Gasteiger partial charge in [0, 0.05) is 6.07 Å². The highest BCUT2D eigenvalue weighted by Crippen LogP contribution is 2.20. The molecule has 0 aliphatic carbocycles. The summed E-state index contributed by atoms with van der Waals surface area (Å²) in [5.74, 6) is 0. The van der Waals surface area contributed by atoms with E-state index in [1.165, 1.54) is 11.3 Å². The lowest BCUT2D eigenvalue weighted by Crippen LogP contribution is -2.11. The van der Waals surface area contributed by atoms with Gasteiger partial charge in [0.05, 0.1) is 5.56 Å².